The molecule has 0 amide bonds. The van der Waals surface area contributed by atoms with Crippen LogP contribution >= 0.6 is 11.6 Å². The fraction of sp³-hybridized carbons (Fsp3) is 0.0833. The summed E-state index contributed by atoms with van der Waals surface area (Å²) >= 11 is 5.77. The molecule has 0 bridgehead atoms. The predicted octanol–water partition coefficient (Wildman–Crippen LogP) is 1.81. The number of hydrogen-bond donors (Lipinski definition) is 0. The Bertz CT molecular complexity index is 638. The van der Waals surface area contributed by atoms with Crippen molar-refractivity contribution in [3.05, 3.63) is 51.9 Å². The van der Waals surface area contributed by atoms with Crippen LogP contribution in [-0.4, -0.2) is 15.5 Å². The van der Waals surface area contributed by atoms with Gasteiger partial charge in [0.2, 0.25) is 5.88 Å². The molecule has 5 nitrogen and oxygen atoms in total. The molecule has 18 heavy (non-hydrogen) atoms. The van der Waals surface area contributed by atoms with Crippen molar-refractivity contribution in [1.29, 1.82) is 0 Å². The molecule has 2 rings (SSSR count). The van der Waals surface area contributed by atoms with Gasteiger partial charge < -0.3 is 4.74 Å². The zero-order chi connectivity index (χ0) is 13.1. The number of carbonyl (C=O) groups is 1. The molecule has 92 valence electrons. The van der Waals surface area contributed by atoms with Crippen LogP contribution in [0.25, 0.3) is 5.82 Å². The number of hydrogen-bond acceptors (Lipinski definition) is 4. The smallest absolute Gasteiger partial charge is 0.309 e. The van der Waals surface area contributed by atoms with Crippen molar-refractivity contribution in [1.82, 2.24) is 9.55 Å². The van der Waals surface area contributed by atoms with Crippen LogP contribution < -0.4 is 10.3 Å². The zero-order valence-corrected chi connectivity index (χ0v) is 10.2. The number of pyridine rings is 2. The van der Waals surface area contributed by atoms with Crippen molar-refractivity contribution in [2.45, 2.75) is 6.92 Å². The van der Waals surface area contributed by atoms with Crippen molar-refractivity contribution in [3.63, 3.8) is 0 Å². The summed E-state index contributed by atoms with van der Waals surface area (Å²) in [5.41, 5.74) is -0.492. The summed E-state index contributed by atoms with van der Waals surface area (Å²) in [5.74, 6) is -0.113. The van der Waals surface area contributed by atoms with Gasteiger partial charge in [0.15, 0.2) is 0 Å². The summed E-state index contributed by atoms with van der Waals surface area (Å²) in [5, 5.41) is 0.0246. The highest BCUT2D eigenvalue weighted by Crippen LogP contribution is 2.16. The van der Waals surface area contributed by atoms with Crippen LogP contribution in [0.3, 0.4) is 0 Å². The molecule has 0 unspecified atom stereocenters. The van der Waals surface area contributed by atoms with Gasteiger partial charge >= 0.3 is 5.97 Å². The lowest BCUT2D eigenvalue weighted by molar-refractivity contribution is -0.132. The number of rotatable bonds is 2. The number of esters is 1. The van der Waals surface area contributed by atoms with E-state index in [0.717, 1.165) is 4.57 Å². The second kappa shape index (κ2) is 5.01. The maximum Gasteiger partial charge on any atom is 0.309 e. The minimum absolute atomic E-state index is 0.0246. The molecular formula is C12H9ClN2O3. The Labute approximate surface area is 108 Å². The van der Waals surface area contributed by atoms with E-state index in [-0.39, 0.29) is 10.9 Å². The molecule has 0 N–H and O–H groups in total. The standard InChI is InChI=1S/C12H9ClN2O3/c1-8(16)18-11-6-5-9(13)12(17)15(11)10-4-2-3-7-14-10/h2-7H,1H3. The molecule has 0 aromatic carbocycles. The molecule has 0 aliphatic rings. The van der Waals surface area contributed by atoms with E-state index in [1.54, 1.807) is 18.2 Å². The number of nitrogens with zero attached hydrogens (tertiary/aromatic N) is 2. The molecule has 6 heteroatoms. The lowest BCUT2D eigenvalue weighted by Gasteiger charge is -2.10. The summed E-state index contributed by atoms with van der Waals surface area (Å²) in [7, 11) is 0. The van der Waals surface area contributed by atoms with Gasteiger partial charge in [0.1, 0.15) is 10.8 Å². The molecule has 2 aromatic rings. The first kappa shape index (κ1) is 12.3. The van der Waals surface area contributed by atoms with E-state index in [4.69, 9.17) is 16.3 Å². The van der Waals surface area contributed by atoms with Crippen LogP contribution in [0.2, 0.25) is 5.02 Å². The Kier molecular flexibility index (Phi) is 3.43. The van der Waals surface area contributed by atoms with E-state index in [1.165, 1.54) is 25.3 Å². The average molecular weight is 265 g/mol. The summed E-state index contributed by atoms with van der Waals surface area (Å²) in [6.07, 6.45) is 1.53. The molecular weight excluding hydrogens is 256 g/mol. The average Bonchev–Trinajstić information content (AvgIpc) is 2.35. The Balaban J connectivity index is 2.66. The molecule has 0 aliphatic carbocycles. The third-order valence-corrected chi connectivity index (χ3v) is 2.41. The second-order valence-electron chi connectivity index (χ2n) is 3.44. The molecule has 0 atom stereocenters. The van der Waals surface area contributed by atoms with Crippen LogP contribution in [0.1, 0.15) is 6.92 Å². The first-order chi connectivity index (χ1) is 8.59. The molecule has 0 saturated heterocycles. The molecule has 2 aromatic heterocycles. The SMILES string of the molecule is CC(=O)Oc1ccc(Cl)c(=O)n1-c1ccccn1. The van der Waals surface area contributed by atoms with Gasteiger partial charge in [0, 0.05) is 19.2 Å². The first-order valence-corrected chi connectivity index (χ1v) is 5.49. The normalized spacial score (nSPS) is 10.1. The van der Waals surface area contributed by atoms with Crippen molar-refractivity contribution < 1.29 is 9.53 Å². The Morgan fingerprint density at radius 3 is 2.72 bits per heavy atom. The molecule has 0 aliphatic heterocycles. The van der Waals surface area contributed by atoms with Gasteiger partial charge in [-0.1, -0.05) is 17.7 Å². The Morgan fingerprint density at radius 2 is 2.11 bits per heavy atom. The van der Waals surface area contributed by atoms with Gasteiger partial charge in [0.25, 0.3) is 5.56 Å². The van der Waals surface area contributed by atoms with Crippen molar-refractivity contribution in [3.8, 4) is 11.7 Å². The van der Waals surface area contributed by atoms with Crippen LogP contribution in [0.4, 0.5) is 0 Å². The van der Waals surface area contributed by atoms with Crippen LogP contribution in [0.5, 0.6) is 5.88 Å². The maximum atomic E-state index is 12.0. The monoisotopic (exact) mass is 264 g/mol. The Morgan fingerprint density at radius 1 is 1.33 bits per heavy atom. The van der Waals surface area contributed by atoms with Gasteiger partial charge in [-0.3, -0.25) is 9.59 Å². The van der Waals surface area contributed by atoms with E-state index in [2.05, 4.69) is 4.98 Å². The van der Waals surface area contributed by atoms with Gasteiger partial charge in [-0.2, -0.15) is 0 Å². The fourth-order valence-electron chi connectivity index (χ4n) is 1.43. The number of ether oxygens (including phenoxy) is 1. The van der Waals surface area contributed by atoms with Gasteiger partial charge in [-0.05, 0) is 18.2 Å². The number of carbonyl (C=O) groups excluding carboxylic acids is 1. The van der Waals surface area contributed by atoms with E-state index in [9.17, 15) is 9.59 Å². The van der Waals surface area contributed by atoms with Gasteiger partial charge in [-0.15, -0.1) is 0 Å². The minimum Gasteiger partial charge on any atom is -0.409 e. The highest BCUT2D eigenvalue weighted by Gasteiger charge is 2.12. The fourth-order valence-corrected chi connectivity index (χ4v) is 1.57. The van der Waals surface area contributed by atoms with E-state index >= 15 is 0 Å². The van der Waals surface area contributed by atoms with E-state index in [0.29, 0.717) is 5.82 Å². The topological polar surface area (TPSA) is 61.2 Å². The van der Waals surface area contributed by atoms with Crippen LogP contribution in [0, 0.1) is 0 Å². The lowest BCUT2D eigenvalue weighted by Crippen LogP contribution is -2.22. The second-order valence-corrected chi connectivity index (χ2v) is 3.85. The van der Waals surface area contributed by atoms with Gasteiger partial charge in [-0.25, -0.2) is 9.55 Å². The summed E-state index contributed by atoms with van der Waals surface area (Å²) in [4.78, 5) is 27.0. The Hall–Kier alpha value is -2.14. The zero-order valence-electron chi connectivity index (χ0n) is 9.46. The predicted molar refractivity (Wildman–Crippen MR) is 66.2 cm³/mol. The molecule has 0 spiro atoms. The highest BCUT2D eigenvalue weighted by atomic mass is 35.5. The lowest BCUT2D eigenvalue weighted by atomic mass is 10.4. The maximum absolute atomic E-state index is 12.0. The quantitative estimate of drug-likeness (QED) is 0.776. The van der Waals surface area contributed by atoms with Crippen LogP contribution in [-0.2, 0) is 4.79 Å². The van der Waals surface area contributed by atoms with Gasteiger partial charge in [0.05, 0.1) is 0 Å². The first-order valence-electron chi connectivity index (χ1n) is 5.11. The van der Waals surface area contributed by atoms with E-state index in [1.807, 2.05) is 0 Å². The summed E-state index contributed by atoms with van der Waals surface area (Å²) in [6, 6.07) is 7.87. The van der Waals surface area contributed by atoms with Crippen molar-refractivity contribution >= 4 is 17.6 Å². The molecule has 0 saturated carbocycles. The van der Waals surface area contributed by atoms with Crippen LogP contribution in [0.15, 0.2) is 41.3 Å². The number of halogens is 1. The largest absolute Gasteiger partial charge is 0.409 e. The number of aromatic nitrogens is 2. The minimum atomic E-state index is -0.526. The summed E-state index contributed by atoms with van der Waals surface area (Å²) < 4.78 is 6.10. The molecule has 2 heterocycles. The van der Waals surface area contributed by atoms with Crippen molar-refractivity contribution in [2.24, 2.45) is 0 Å². The highest BCUT2D eigenvalue weighted by molar-refractivity contribution is 6.30. The van der Waals surface area contributed by atoms with Crippen molar-refractivity contribution in [2.75, 3.05) is 0 Å². The summed E-state index contributed by atoms with van der Waals surface area (Å²) in [6.45, 7) is 1.25. The molecule has 0 radical (unpaired) electrons. The third kappa shape index (κ3) is 2.41. The van der Waals surface area contributed by atoms with E-state index < -0.39 is 11.5 Å². The third-order valence-electron chi connectivity index (χ3n) is 2.13. The molecule has 0 fully saturated rings.